The number of aromatic hydroxyl groups is 1. The standard InChI is InChI=1S/C28H32N4O5/c1-17-27(36)26(28(37)29-16-25(34)35)31-24(30-17)15-19-11-13-32(14-12-19)23-9-7-22(8-10-23)21-5-3-20(4-6-21)18(2)33/h3-10,18-19,33,36H,11-16H2,1-2H3,(H,29,37)(H,34,35). The first-order valence-electron chi connectivity index (χ1n) is 12.4. The van der Waals surface area contributed by atoms with Gasteiger partial charge in [0.2, 0.25) is 0 Å². The zero-order valence-electron chi connectivity index (χ0n) is 21.0. The van der Waals surface area contributed by atoms with Crippen molar-refractivity contribution in [2.45, 2.75) is 39.2 Å². The minimum Gasteiger partial charge on any atom is -0.504 e. The van der Waals surface area contributed by atoms with Gasteiger partial charge in [0.05, 0.1) is 11.8 Å². The number of carbonyl (C=O) groups excluding carboxylic acids is 1. The van der Waals surface area contributed by atoms with Gasteiger partial charge >= 0.3 is 5.97 Å². The number of anilines is 1. The van der Waals surface area contributed by atoms with Crippen molar-refractivity contribution >= 4 is 17.6 Å². The van der Waals surface area contributed by atoms with E-state index in [1.807, 2.05) is 24.3 Å². The number of aryl methyl sites for hydroxylation is 1. The molecule has 0 radical (unpaired) electrons. The summed E-state index contributed by atoms with van der Waals surface area (Å²) in [6.45, 7) is 4.58. The van der Waals surface area contributed by atoms with Gasteiger partial charge in [-0.15, -0.1) is 0 Å². The van der Waals surface area contributed by atoms with Gasteiger partial charge in [0.25, 0.3) is 5.91 Å². The molecule has 3 aromatic rings. The Balaban J connectivity index is 1.35. The summed E-state index contributed by atoms with van der Waals surface area (Å²) in [5.74, 6) is -1.43. The molecule has 0 aliphatic carbocycles. The van der Waals surface area contributed by atoms with Gasteiger partial charge in [0, 0.05) is 25.2 Å². The lowest BCUT2D eigenvalue weighted by molar-refractivity contribution is -0.135. The average Bonchev–Trinajstić information content (AvgIpc) is 2.90. The third-order valence-corrected chi connectivity index (χ3v) is 6.76. The van der Waals surface area contributed by atoms with E-state index in [1.165, 1.54) is 0 Å². The Labute approximate surface area is 215 Å². The molecule has 1 aliphatic rings. The Hall–Kier alpha value is -3.98. The average molecular weight is 505 g/mol. The number of aliphatic hydroxyl groups is 1. The highest BCUT2D eigenvalue weighted by Crippen LogP contribution is 2.29. The summed E-state index contributed by atoms with van der Waals surface area (Å²) in [5, 5.41) is 30.9. The Morgan fingerprint density at radius 3 is 2.19 bits per heavy atom. The fourth-order valence-electron chi connectivity index (χ4n) is 4.59. The smallest absolute Gasteiger partial charge is 0.322 e. The van der Waals surface area contributed by atoms with Gasteiger partial charge in [-0.05, 0) is 61.4 Å². The number of amides is 1. The van der Waals surface area contributed by atoms with Gasteiger partial charge in [-0.1, -0.05) is 36.4 Å². The number of nitrogens with one attached hydrogen (secondary N) is 1. The molecular weight excluding hydrogens is 472 g/mol. The maximum absolute atomic E-state index is 12.3. The highest BCUT2D eigenvalue weighted by atomic mass is 16.4. The van der Waals surface area contributed by atoms with Gasteiger partial charge in [-0.3, -0.25) is 9.59 Å². The molecule has 37 heavy (non-hydrogen) atoms. The molecular formula is C28H32N4O5. The van der Waals surface area contributed by atoms with Gasteiger partial charge < -0.3 is 25.5 Å². The van der Waals surface area contributed by atoms with Gasteiger partial charge in [0.15, 0.2) is 11.4 Å². The first-order valence-corrected chi connectivity index (χ1v) is 12.4. The number of hydrogen-bond donors (Lipinski definition) is 4. The second-order valence-electron chi connectivity index (χ2n) is 9.48. The molecule has 2 aromatic carbocycles. The van der Waals surface area contributed by atoms with Crippen LogP contribution in [0.1, 0.15) is 53.4 Å². The summed E-state index contributed by atoms with van der Waals surface area (Å²) in [4.78, 5) is 34.0. The van der Waals surface area contributed by atoms with Crippen molar-refractivity contribution < 1.29 is 24.9 Å². The Kier molecular flexibility index (Phi) is 8.03. The minimum absolute atomic E-state index is 0.193. The molecule has 0 saturated carbocycles. The van der Waals surface area contributed by atoms with E-state index in [9.17, 15) is 19.8 Å². The van der Waals surface area contributed by atoms with Crippen molar-refractivity contribution in [2.24, 2.45) is 5.92 Å². The van der Waals surface area contributed by atoms with Crippen molar-refractivity contribution in [2.75, 3.05) is 24.5 Å². The molecule has 1 aromatic heterocycles. The summed E-state index contributed by atoms with van der Waals surface area (Å²) in [5.41, 5.74) is 4.39. The number of aromatic nitrogens is 2. The number of carbonyl (C=O) groups is 2. The molecule has 0 spiro atoms. The summed E-state index contributed by atoms with van der Waals surface area (Å²) in [6, 6.07) is 16.4. The maximum Gasteiger partial charge on any atom is 0.322 e. The fraction of sp³-hybridized carbons (Fsp3) is 0.357. The number of carboxylic acid groups (broad SMARTS) is 1. The molecule has 1 fully saturated rings. The molecule has 1 unspecified atom stereocenters. The number of carboxylic acids is 1. The van der Waals surface area contributed by atoms with Crippen LogP contribution in [0.4, 0.5) is 5.69 Å². The van der Waals surface area contributed by atoms with E-state index >= 15 is 0 Å². The summed E-state index contributed by atoms with van der Waals surface area (Å²) >= 11 is 0. The van der Waals surface area contributed by atoms with Gasteiger partial charge in [0.1, 0.15) is 12.4 Å². The summed E-state index contributed by atoms with van der Waals surface area (Å²) in [7, 11) is 0. The molecule has 194 valence electrons. The lowest BCUT2D eigenvalue weighted by Gasteiger charge is -2.33. The monoisotopic (exact) mass is 504 g/mol. The number of aliphatic hydroxyl groups excluding tert-OH is 1. The summed E-state index contributed by atoms with van der Waals surface area (Å²) in [6.07, 6.45) is 1.98. The van der Waals surface area contributed by atoms with Crippen LogP contribution in [-0.2, 0) is 11.2 Å². The van der Waals surface area contributed by atoms with E-state index < -0.39 is 24.5 Å². The highest BCUT2D eigenvalue weighted by Gasteiger charge is 2.23. The number of hydrogen-bond acceptors (Lipinski definition) is 7. The number of aliphatic carboxylic acids is 1. The first kappa shape index (κ1) is 26.1. The second-order valence-corrected chi connectivity index (χ2v) is 9.48. The van der Waals surface area contributed by atoms with E-state index in [0.717, 1.165) is 48.3 Å². The van der Waals surface area contributed by atoms with E-state index in [-0.39, 0.29) is 11.4 Å². The predicted molar refractivity (Wildman–Crippen MR) is 140 cm³/mol. The Bertz CT molecular complexity index is 1250. The van der Waals surface area contributed by atoms with E-state index in [1.54, 1.807) is 13.8 Å². The van der Waals surface area contributed by atoms with Crippen LogP contribution in [0, 0.1) is 12.8 Å². The lowest BCUT2D eigenvalue weighted by Crippen LogP contribution is -2.34. The van der Waals surface area contributed by atoms with Crippen LogP contribution in [-0.4, -0.2) is 56.8 Å². The lowest BCUT2D eigenvalue weighted by atomic mass is 9.92. The van der Waals surface area contributed by atoms with Crippen molar-refractivity contribution in [3.8, 4) is 16.9 Å². The van der Waals surface area contributed by atoms with Crippen LogP contribution < -0.4 is 10.2 Å². The molecule has 4 N–H and O–H groups in total. The third kappa shape index (κ3) is 6.42. The van der Waals surface area contributed by atoms with Crippen LogP contribution in [0.3, 0.4) is 0 Å². The molecule has 1 aliphatic heterocycles. The molecule has 1 atom stereocenters. The number of piperidine rings is 1. The van der Waals surface area contributed by atoms with Crippen molar-refractivity contribution in [1.82, 2.24) is 15.3 Å². The van der Waals surface area contributed by atoms with Crippen LogP contribution >= 0.6 is 0 Å². The van der Waals surface area contributed by atoms with Gasteiger partial charge in [-0.25, -0.2) is 9.97 Å². The topological polar surface area (TPSA) is 136 Å². The first-order chi connectivity index (χ1) is 17.7. The largest absolute Gasteiger partial charge is 0.504 e. The minimum atomic E-state index is -1.17. The fourth-order valence-corrected chi connectivity index (χ4v) is 4.59. The molecule has 2 heterocycles. The predicted octanol–water partition coefficient (Wildman–Crippen LogP) is 3.48. The highest BCUT2D eigenvalue weighted by molar-refractivity contribution is 5.96. The zero-order chi connectivity index (χ0) is 26.5. The van der Waals surface area contributed by atoms with Crippen LogP contribution in [0.25, 0.3) is 11.1 Å². The van der Waals surface area contributed by atoms with E-state index in [2.05, 4.69) is 44.5 Å². The molecule has 1 amide bonds. The SMILES string of the molecule is Cc1nc(CC2CCN(c3ccc(-c4ccc(C(C)O)cc4)cc3)CC2)nc(C(=O)NCC(=O)O)c1O. The van der Waals surface area contributed by atoms with Crippen molar-refractivity contribution in [3.63, 3.8) is 0 Å². The molecule has 9 nitrogen and oxygen atoms in total. The zero-order valence-corrected chi connectivity index (χ0v) is 21.0. The maximum atomic E-state index is 12.3. The van der Waals surface area contributed by atoms with Gasteiger partial charge in [-0.2, -0.15) is 0 Å². The molecule has 0 bridgehead atoms. The Morgan fingerprint density at radius 2 is 1.62 bits per heavy atom. The van der Waals surface area contributed by atoms with Crippen LogP contribution in [0.2, 0.25) is 0 Å². The molecule has 1 saturated heterocycles. The molecule has 4 rings (SSSR count). The molecule has 9 heteroatoms. The number of nitrogens with zero attached hydrogens (tertiary/aromatic N) is 3. The normalized spacial score (nSPS) is 14.8. The quantitative estimate of drug-likeness (QED) is 0.366. The van der Waals surface area contributed by atoms with Crippen molar-refractivity contribution in [3.05, 3.63) is 71.3 Å². The number of benzene rings is 2. The number of rotatable bonds is 8. The summed E-state index contributed by atoms with van der Waals surface area (Å²) < 4.78 is 0. The van der Waals surface area contributed by atoms with E-state index in [0.29, 0.717) is 23.9 Å². The third-order valence-electron chi connectivity index (χ3n) is 6.76. The Morgan fingerprint density at radius 1 is 1.03 bits per heavy atom. The van der Waals surface area contributed by atoms with Crippen LogP contribution in [0.5, 0.6) is 5.75 Å². The second kappa shape index (κ2) is 11.4. The van der Waals surface area contributed by atoms with Crippen molar-refractivity contribution in [1.29, 1.82) is 0 Å². The van der Waals surface area contributed by atoms with E-state index in [4.69, 9.17) is 5.11 Å². The van der Waals surface area contributed by atoms with Crippen LogP contribution in [0.15, 0.2) is 48.5 Å².